The molecule has 1 nitrogen and oxygen atoms in total. The molecule has 0 aromatic carbocycles. The molecule has 0 aliphatic carbocycles. The first-order chi connectivity index (χ1) is 14.1. The van der Waals surface area contributed by atoms with E-state index in [1.807, 2.05) is 0 Å². The van der Waals surface area contributed by atoms with Gasteiger partial charge in [0.15, 0.2) is 0 Å². The van der Waals surface area contributed by atoms with Crippen LogP contribution >= 0.6 is 29.1 Å². The van der Waals surface area contributed by atoms with Crippen molar-refractivity contribution in [3.05, 3.63) is 0 Å². The summed E-state index contributed by atoms with van der Waals surface area (Å²) in [6.07, 6.45) is 25.7. The summed E-state index contributed by atoms with van der Waals surface area (Å²) in [5.74, 6) is 0. The molecular weight excluding hydrogens is 510 g/mol. The second kappa shape index (κ2) is 29.5. The minimum atomic E-state index is -1.75. The van der Waals surface area contributed by atoms with Crippen molar-refractivity contribution >= 4 is 29.1 Å². The molecule has 0 N–H and O–H groups in total. The topological polar surface area (TPSA) is 3.24 Å². The summed E-state index contributed by atoms with van der Waals surface area (Å²) in [7, 11) is 14.8. The van der Waals surface area contributed by atoms with Crippen LogP contribution in [0.4, 0.5) is 0 Å². The van der Waals surface area contributed by atoms with Crippen LogP contribution in [-0.2, 0) is 13.0 Å². The van der Waals surface area contributed by atoms with Crippen LogP contribution in [0.2, 0.25) is 0 Å². The van der Waals surface area contributed by atoms with Crippen molar-refractivity contribution in [1.82, 2.24) is 4.90 Å². The molecule has 29 heavy (non-hydrogen) atoms. The number of rotatable bonds is 21. The van der Waals surface area contributed by atoms with Gasteiger partial charge in [0.05, 0.1) is 0 Å². The van der Waals surface area contributed by atoms with E-state index < -0.39 is 13.0 Å². The fraction of sp³-hybridized carbons (Fsp3) is 1.00. The molecule has 0 aliphatic heterocycles. The summed E-state index contributed by atoms with van der Waals surface area (Å²) in [4.78, 5) is 2.79. The molecule has 0 fully saturated rings. The summed E-state index contributed by atoms with van der Waals surface area (Å²) in [5, 5.41) is 0. The Kier molecular flexibility index (Phi) is 33.1. The number of halogens is 3. The average molecular weight is 561 g/mol. The van der Waals surface area contributed by atoms with Crippen LogP contribution in [0.5, 0.6) is 0 Å². The molecule has 0 radical (unpaired) electrons. The molecular formula is C24H51Cl3NRu. The Bertz CT molecular complexity index is 240. The molecule has 0 spiro atoms. The first-order valence-electron chi connectivity index (χ1n) is 12.5. The van der Waals surface area contributed by atoms with Gasteiger partial charge in [-0.05, 0) is 38.9 Å². The van der Waals surface area contributed by atoms with E-state index in [-0.39, 0.29) is 0 Å². The molecule has 0 bridgehead atoms. The monoisotopic (exact) mass is 560 g/mol. The summed E-state index contributed by atoms with van der Waals surface area (Å²) in [6.45, 7) is 11.0. The van der Waals surface area contributed by atoms with Crippen molar-refractivity contribution in [2.75, 3.05) is 19.6 Å². The van der Waals surface area contributed by atoms with Crippen molar-refractivity contribution in [2.24, 2.45) is 0 Å². The van der Waals surface area contributed by atoms with Gasteiger partial charge in [-0.25, -0.2) is 0 Å². The van der Waals surface area contributed by atoms with Gasteiger partial charge in [0.25, 0.3) is 0 Å². The molecule has 5 heteroatoms. The molecule has 0 aliphatic rings. The zero-order chi connectivity index (χ0) is 22.0. The Morgan fingerprint density at radius 3 is 0.862 bits per heavy atom. The van der Waals surface area contributed by atoms with E-state index in [4.69, 9.17) is 29.1 Å². The standard InChI is InChI=1S/C24H51N.3ClH.Ru/c1-4-7-10-13-16-19-22-25(23-20-17-14-11-8-5-2)24-21-18-15-12-9-6-3;;;;/h4-24H2,1-3H3;3*1H;/q;;;;+3/p-3. The number of unbranched alkanes of at least 4 members (excludes halogenated alkanes) is 15. The van der Waals surface area contributed by atoms with Gasteiger partial charge in [-0.2, -0.15) is 0 Å². The average Bonchev–Trinajstić information content (AvgIpc) is 2.68. The maximum atomic E-state index is 4.95. The van der Waals surface area contributed by atoms with Crippen LogP contribution in [-0.4, -0.2) is 24.5 Å². The molecule has 0 saturated heterocycles. The zero-order valence-corrected chi connectivity index (χ0v) is 23.8. The van der Waals surface area contributed by atoms with Gasteiger partial charge in [-0.1, -0.05) is 117 Å². The summed E-state index contributed by atoms with van der Waals surface area (Å²) in [6, 6.07) is 0. The first-order valence-corrected chi connectivity index (χ1v) is 19.2. The van der Waals surface area contributed by atoms with E-state index in [1.54, 1.807) is 0 Å². The predicted octanol–water partition coefficient (Wildman–Crippen LogP) is 10.4. The van der Waals surface area contributed by atoms with Crippen LogP contribution in [0.1, 0.15) is 136 Å². The quantitative estimate of drug-likeness (QED) is 0.0996. The maximum absolute atomic E-state index is 4.95. The van der Waals surface area contributed by atoms with Gasteiger partial charge >= 0.3 is 42.1 Å². The Morgan fingerprint density at radius 2 is 0.621 bits per heavy atom. The van der Waals surface area contributed by atoms with Gasteiger partial charge in [0, 0.05) is 0 Å². The van der Waals surface area contributed by atoms with Crippen LogP contribution in [0, 0.1) is 0 Å². The van der Waals surface area contributed by atoms with E-state index in [0.717, 1.165) is 0 Å². The SMILES string of the molecule is CCCCCCCCN(CCCCCCCC)CCCCCCCC.[Cl][Ru]([Cl])[Cl]. The second-order valence-electron chi connectivity index (χ2n) is 8.30. The molecule has 181 valence electrons. The third kappa shape index (κ3) is 34.3. The van der Waals surface area contributed by atoms with Crippen LogP contribution < -0.4 is 0 Å². The third-order valence-electron chi connectivity index (χ3n) is 5.48. The molecule has 0 aromatic heterocycles. The van der Waals surface area contributed by atoms with Crippen molar-refractivity contribution in [1.29, 1.82) is 0 Å². The van der Waals surface area contributed by atoms with Crippen LogP contribution in [0.15, 0.2) is 0 Å². The fourth-order valence-electron chi connectivity index (χ4n) is 3.68. The molecule has 0 unspecified atom stereocenters. The molecule has 0 amide bonds. The zero-order valence-electron chi connectivity index (χ0n) is 19.8. The Labute approximate surface area is 202 Å². The molecule has 0 atom stereocenters. The van der Waals surface area contributed by atoms with E-state index in [9.17, 15) is 0 Å². The van der Waals surface area contributed by atoms with Crippen molar-refractivity contribution in [3.63, 3.8) is 0 Å². The fourth-order valence-corrected chi connectivity index (χ4v) is 3.68. The van der Waals surface area contributed by atoms with Gasteiger partial charge in [0.1, 0.15) is 0 Å². The van der Waals surface area contributed by atoms with E-state index in [0.29, 0.717) is 0 Å². The van der Waals surface area contributed by atoms with E-state index >= 15 is 0 Å². The van der Waals surface area contributed by atoms with Gasteiger partial charge in [-0.15, -0.1) is 0 Å². The second-order valence-corrected chi connectivity index (χ2v) is 16.2. The summed E-state index contributed by atoms with van der Waals surface area (Å²) in [5.41, 5.74) is 0. The molecule has 0 heterocycles. The van der Waals surface area contributed by atoms with Crippen molar-refractivity contribution in [3.8, 4) is 0 Å². The number of hydrogen-bond acceptors (Lipinski definition) is 1. The third-order valence-corrected chi connectivity index (χ3v) is 5.48. The molecule has 0 aromatic rings. The summed E-state index contributed by atoms with van der Waals surface area (Å²) >= 11 is -1.75. The number of hydrogen-bond donors (Lipinski definition) is 0. The minimum absolute atomic E-state index is 1.36. The van der Waals surface area contributed by atoms with Crippen molar-refractivity contribution < 1.29 is 13.0 Å². The van der Waals surface area contributed by atoms with E-state index in [1.165, 1.54) is 135 Å². The van der Waals surface area contributed by atoms with Gasteiger partial charge < -0.3 is 4.90 Å². The summed E-state index contributed by atoms with van der Waals surface area (Å²) < 4.78 is 0. The van der Waals surface area contributed by atoms with Gasteiger partial charge in [-0.3, -0.25) is 0 Å². The first kappa shape index (κ1) is 32.6. The van der Waals surface area contributed by atoms with Gasteiger partial charge in [0.2, 0.25) is 0 Å². The molecule has 0 saturated carbocycles. The van der Waals surface area contributed by atoms with Crippen molar-refractivity contribution in [2.45, 2.75) is 136 Å². The van der Waals surface area contributed by atoms with E-state index in [2.05, 4.69) is 25.7 Å². The number of nitrogens with zero attached hydrogens (tertiary/aromatic N) is 1. The predicted molar refractivity (Wildman–Crippen MR) is 134 cm³/mol. The van der Waals surface area contributed by atoms with Crippen LogP contribution in [0.3, 0.4) is 0 Å². The Balaban J connectivity index is 0. The molecule has 0 rings (SSSR count). The van der Waals surface area contributed by atoms with Crippen LogP contribution in [0.25, 0.3) is 0 Å². The Morgan fingerprint density at radius 1 is 0.414 bits per heavy atom. The normalized spacial score (nSPS) is 11.5. The Hall–Kier alpha value is 1.45.